The zero-order chi connectivity index (χ0) is 14.8. The molecule has 0 saturated heterocycles. The molecule has 0 aromatic heterocycles. The number of hydrogen-bond acceptors (Lipinski definition) is 5. The summed E-state index contributed by atoms with van der Waals surface area (Å²) in [6, 6.07) is 12.1. The number of nitrogen functional groups attached to an aromatic ring is 1. The van der Waals surface area contributed by atoms with Gasteiger partial charge in [-0.05, 0) is 36.4 Å². The van der Waals surface area contributed by atoms with Gasteiger partial charge in [-0.15, -0.1) is 0 Å². The summed E-state index contributed by atoms with van der Waals surface area (Å²) in [6.45, 7) is 0. The molecule has 0 amide bonds. The lowest BCUT2D eigenvalue weighted by Crippen LogP contribution is -2.14. The predicted molar refractivity (Wildman–Crippen MR) is 79.3 cm³/mol. The number of hydrogen-bond donors (Lipinski definition) is 2. The quantitative estimate of drug-likeness (QED) is 0.843. The van der Waals surface area contributed by atoms with E-state index in [1.807, 2.05) is 24.3 Å². The molecule has 7 heteroatoms. The van der Waals surface area contributed by atoms with Crippen molar-refractivity contribution in [1.29, 1.82) is 0 Å². The Balaban J connectivity index is 2.34. The van der Waals surface area contributed by atoms with Gasteiger partial charge in [-0.3, -0.25) is 0 Å². The molecule has 106 valence electrons. The molecule has 2 rings (SSSR count). The molecule has 4 N–H and O–H groups in total. The highest BCUT2D eigenvalue weighted by Crippen LogP contribution is 2.35. The number of methoxy groups -OCH3 is 1. The fourth-order valence-corrected chi connectivity index (χ4v) is 3.27. The predicted octanol–water partition coefficient (Wildman–Crippen LogP) is 2.08. The van der Waals surface area contributed by atoms with Crippen molar-refractivity contribution in [3.63, 3.8) is 0 Å². The van der Waals surface area contributed by atoms with E-state index in [4.69, 9.17) is 15.6 Å². The molecule has 0 bridgehead atoms. The molecule has 2 aromatic rings. The van der Waals surface area contributed by atoms with Crippen LogP contribution in [-0.2, 0) is 10.0 Å². The summed E-state index contributed by atoms with van der Waals surface area (Å²) in [5, 5.41) is 5.12. The SMILES string of the molecule is COc1ccc(Sc2cccc(S(N)(=O)=O)c2N)cc1. The van der Waals surface area contributed by atoms with E-state index in [0.29, 0.717) is 4.90 Å². The van der Waals surface area contributed by atoms with E-state index in [2.05, 4.69) is 0 Å². The highest BCUT2D eigenvalue weighted by molar-refractivity contribution is 7.99. The smallest absolute Gasteiger partial charge is 0.240 e. The van der Waals surface area contributed by atoms with Gasteiger partial charge in [0.2, 0.25) is 10.0 Å². The van der Waals surface area contributed by atoms with E-state index in [1.165, 1.54) is 17.8 Å². The maximum absolute atomic E-state index is 11.4. The lowest BCUT2D eigenvalue weighted by Gasteiger charge is -2.09. The van der Waals surface area contributed by atoms with Gasteiger partial charge in [0.15, 0.2) is 0 Å². The van der Waals surface area contributed by atoms with Crippen LogP contribution < -0.4 is 15.6 Å². The fraction of sp³-hybridized carbons (Fsp3) is 0.0769. The van der Waals surface area contributed by atoms with E-state index in [1.54, 1.807) is 19.2 Å². The average molecular weight is 310 g/mol. The fourth-order valence-electron chi connectivity index (χ4n) is 1.63. The topological polar surface area (TPSA) is 95.4 Å². The lowest BCUT2D eigenvalue weighted by atomic mass is 10.3. The first-order valence-electron chi connectivity index (χ1n) is 5.65. The average Bonchev–Trinajstić information content (AvgIpc) is 2.40. The standard InChI is InChI=1S/C13H14N2O3S2/c1-18-9-5-7-10(8-6-9)19-11-3-2-4-12(13(11)14)20(15,16)17/h2-8H,14H2,1H3,(H2,15,16,17). The number of primary sulfonamides is 1. The van der Waals surface area contributed by atoms with Gasteiger partial charge in [0.25, 0.3) is 0 Å². The number of ether oxygens (including phenoxy) is 1. The van der Waals surface area contributed by atoms with Gasteiger partial charge in [-0.2, -0.15) is 0 Å². The van der Waals surface area contributed by atoms with E-state index >= 15 is 0 Å². The molecule has 0 aliphatic carbocycles. The Kier molecular flexibility index (Phi) is 4.22. The van der Waals surface area contributed by atoms with Gasteiger partial charge in [-0.1, -0.05) is 17.8 Å². The van der Waals surface area contributed by atoms with Crippen LogP contribution in [0.4, 0.5) is 5.69 Å². The number of rotatable bonds is 4. The lowest BCUT2D eigenvalue weighted by molar-refractivity contribution is 0.414. The van der Waals surface area contributed by atoms with Crippen molar-refractivity contribution in [3.8, 4) is 5.75 Å². The second-order valence-corrected chi connectivity index (χ2v) is 6.64. The molecule has 0 radical (unpaired) electrons. The molecule has 0 spiro atoms. The van der Waals surface area contributed by atoms with Crippen molar-refractivity contribution >= 4 is 27.5 Å². The molecule has 20 heavy (non-hydrogen) atoms. The number of sulfonamides is 1. The zero-order valence-electron chi connectivity index (χ0n) is 10.7. The Hall–Kier alpha value is -1.70. The number of benzene rings is 2. The maximum atomic E-state index is 11.4. The second-order valence-electron chi connectivity index (χ2n) is 3.99. The van der Waals surface area contributed by atoms with Gasteiger partial charge in [0.1, 0.15) is 10.6 Å². The molecule has 0 atom stereocenters. The molecule has 0 heterocycles. The number of nitrogens with two attached hydrogens (primary N) is 2. The zero-order valence-corrected chi connectivity index (χ0v) is 12.4. The molecule has 0 aliphatic rings. The number of anilines is 1. The molecule has 2 aromatic carbocycles. The third-order valence-corrected chi connectivity index (χ3v) is 4.67. The first-order chi connectivity index (χ1) is 9.41. The van der Waals surface area contributed by atoms with E-state index in [-0.39, 0.29) is 10.6 Å². The van der Waals surface area contributed by atoms with Crippen LogP contribution in [0, 0.1) is 0 Å². The molecule has 0 saturated carbocycles. The van der Waals surface area contributed by atoms with Crippen LogP contribution in [-0.4, -0.2) is 15.5 Å². The molecule has 0 fully saturated rings. The van der Waals surface area contributed by atoms with E-state index < -0.39 is 10.0 Å². The Morgan fingerprint density at radius 3 is 2.30 bits per heavy atom. The summed E-state index contributed by atoms with van der Waals surface area (Å²) < 4.78 is 27.9. The monoisotopic (exact) mass is 310 g/mol. The Bertz CT molecular complexity index is 713. The Labute approximate surface area is 122 Å². The summed E-state index contributed by atoms with van der Waals surface area (Å²) in [6.07, 6.45) is 0. The first kappa shape index (κ1) is 14.7. The van der Waals surface area contributed by atoms with E-state index in [0.717, 1.165) is 10.6 Å². The third-order valence-electron chi connectivity index (χ3n) is 2.62. The van der Waals surface area contributed by atoms with Gasteiger partial charge >= 0.3 is 0 Å². The maximum Gasteiger partial charge on any atom is 0.240 e. The molecule has 0 unspecified atom stereocenters. The van der Waals surface area contributed by atoms with Crippen LogP contribution in [0.1, 0.15) is 0 Å². The molecular weight excluding hydrogens is 296 g/mol. The third kappa shape index (κ3) is 3.24. The molecule has 0 aliphatic heterocycles. The Morgan fingerprint density at radius 2 is 1.75 bits per heavy atom. The van der Waals surface area contributed by atoms with Gasteiger partial charge < -0.3 is 10.5 Å². The molecular formula is C13H14N2O3S2. The summed E-state index contributed by atoms with van der Waals surface area (Å²) in [7, 11) is -2.22. The van der Waals surface area contributed by atoms with Crippen molar-refractivity contribution in [1.82, 2.24) is 0 Å². The van der Waals surface area contributed by atoms with Crippen molar-refractivity contribution in [2.75, 3.05) is 12.8 Å². The first-order valence-corrected chi connectivity index (χ1v) is 8.01. The van der Waals surface area contributed by atoms with Gasteiger partial charge in [0.05, 0.1) is 12.8 Å². The summed E-state index contributed by atoms with van der Waals surface area (Å²) in [5.74, 6) is 0.751. The van der Waals surface area contributed by atoms with Crippen molar-refractivity contribution < 1.29 is 13.2 Å². The van der Waals surface area contributed by atoms with Crippen LogP contribution in [0.15, 0.2) is 57.2 Å². The number of para-hydroxylation sites is 1. The van der Waals surface area contributed by atoms with Crippen molar-refractivity contribution in [3.05, 3.63) is 42.5 Å². The van der Waals surface area contributed by atoms with Crippen molar-refractivity contribution in [2.24, 2.45) is 5.14 Å². The van der Waals surface area contributed by atoms with Gasteiger partial charge in [-0.25, -0.2) is 13.6 Å². The second kappa shape index (κ2) is 5.74. The van der Waals surface area contributed by atoms with Crippen LogP contribution in [0.25, 0.3) is 0 Å². The van der Waals surface area contributed by atoms with Crippen LogP contribution in [0.5, 0.6) is 5.75 Å². The van der Waals surface area contributed by atoms with Crippen LogP contribution >= 0.6 is 11.8 Å². The van der Waals surface area contributed by atoms with Gasteiger partial charge in [0, 0.05) is 9.79 Å². The summed E-state index contributed by atoms with van der Waals surface area (Å²) in [5.41, 5.74) is 6.03. The minimum atomic E-state index is -3.82. The largest absolute Gasteiger partial charge is 0.497 e. The van der Waals surface area contributed by atoms with Crippen molar-refractivity contribution in [2.45, 2.75) is 14.7 Å². The minimum Gasteiger partial charge on any atom is -0.497 e. The summed E-state index contributed by atoms with van der Waals surface area (Å²) >= 11 is 1.36. The summed E-state index contributed by atoms with van der Waals surface area (Å²) in [4.78, 5) is 1.50. The highest BCUT2D eigenvalue weighted by Gasteiger charge is 2.15. The van der Waals surface area contributed by atoms with Crippen LogP contribution in [0.3, 0.4) is 0 Å². The Morgan fingerprint density at radius 1 is 1.10 bits per heavy atom. The van der Waals surface area contributed by atoms with E-state index in [9.17, 15) is 8.42 Å². The van der Waals surface area contributed by atoms with Crippen LogP contribution in [0.2, 0.25) is 0 Å². The minimum absolute atomic E-state index is 0.0592. The molecule has 5 nitrogen and oxygen atoms in total. The highest BCUT2D eigenvalue weighted by atomic mass is 32.2. The normalized spacial score (nSPS) is 11.3.